The standard InChI is InChI=1S/C13H20IO/c1-13(2,3)12(9-14-4)10-5-7-11(15)8-6-10/h5-8,12,15H,9H2,1-4H3/q-1. The number of phenols is 1. The minimum absolute atomic E-state index is 0.305. The van der Waals surface area contributed by atoms with Crippen molar-refractivity contribution < 1.29 is 26.3 Å². The average molecular weight is 319 g/mol. The van der Waals surface area contributed by atoms with Gasteiger partial charge in [-0.3, -0.25) is 0 Å². The molecule has 1 aromatic rings. The van der Waals surface area contributed by atoms with E-state index < -0.39 is 0 Å². The molecule has 0 aliphatic carbocycles. The SMILES string of the molecule is C[I-]CC(c1ccc(O)cc1)C(C)(C)C. The molecule has 0 aliphatic heterocycles. The number of hydrogen-bond donors (Lipinski definition) is 1. The number of benzene rings is 1. The monoisotopic (exact) mass is 319 g/mol. The number of alkyl halides is 2. The maximum atomic E-state index is 9.28. The molecule has 1 rings (SSSR count). The van der Waals surface area contributed by atoms with Gasteiger partial charge in [0, 0.05) is 0 Å². The van der Waals surface area contributed by atoms with E-state index in [1.54, 1.807) is 12.1 Å². The zero-order valence-electron chi connectivity index (χ0n) is 9.92. The number of aromatic hydroxyl groups is 1. The van der Waals surface area contributed by atoms with Crippen molar-refractivity contribution in [2.75, 3.05) is 9.36 Å². The van der Waals surface area contributed by atoms with E-state index in [9.17, 15) is 5.11 Å². The van der Waals surface area contributed by atoms with Gasteiger partial charge in [0.05, 0.1) is 0 Å². The van der Waals surface area contributed by atoms with Crippen molar-refractivity contribution in [2.45, 2.75) is 26.7 Å². The molecule has 1 aromatic carbocycles. The quantitative estimate of drug-likeness (QED) is 0.625. The van der Waals surface area contributed by atoms with Crippen molar-refractivity contribution in [3.8, 4) is 5.75 Å². The summed E-state index contributed by atoms with van der Waals surface area (Å²) in [7, 11) is 0. The Bertz CT molecular complexity index is 297. The molecule has 0 saturated carbocycles. The Morgan fingerprint density at radius 2 is 1.73 bits per heavy atom. The summed E-state index contributed by atoms with van der Waals surface area (Å²) in [5, 5.41) is 9.28. The van der Waals surface area contributed by atoms with E-state index in [1.165, 1.54) is 9.99 Å². The number of hydrogen-bond acceptors (Lipinski definition) is 1. The molecule has 1 unspecified atom stereocenters. The van der Waals surface area contributed by atoms with Crippen LogP contribution in [0.4, 0.5) is 0 Å². The number of phenolic OH excluding ortho intramolecular Hbond substituents is 1. The molecule has 1 nitrogen and oxygen atoms in total. The first kappa shape index (κ1) is 12.8. The molecule has 0 aliphatic rings. The molecule has 0 bridgehead atoms. The Morgan fingerprint density at radius 3 is 2.13 bits per heavy atom. The molecule has 0 spiro atoms. The van der Waals surface area contributed by atoms with Crippen LogP contribution in [0, 0.1) is 5.41 Å². The van der Waals surface area contributed by atoms with Crippen LogP contribution in [0.3, 0.4) is 0 Å². The van der Waals surface area contributed by atoms with E-state index in [0.717, 1.165) is 0 Å². The van der Waals surface area contributed by atoms with Crippen LogP contribution in [0.15, 0.2) is 24.3 Å². The van der Waals surface area contributed by atoms with E-state index in [-0.39, 0.29) is 0 Å². The molecule has 0 amide bonds. The molecule has 2 heteroatoms. The third kappa shape index (κ3) is 3.67. The van der Waals surface area contributed by atoms with Crippen molar-refractivity contribution in [2.24, 2.45) is 5.41 Å². The van der Waals surface area contributed by atoms with Gasteiger partial charge in [-0.15, -0.1) is 0 Å². The minimum atomic E-state index is 0.305. The zero-order valence-corrected chi connectivity index (χ0v) is 12.1. The first-order chi connectivity index (χ1) is 6.95. The summed E-state index contributed by atoms with van der Waals surface area (Å²) in [6.45, 7) is 6.89. The summed E-state index contributed by atoms with van der Waals surface area (Å²) < 4.78 is 1.31. The molecule has 0 aromatic heterocycles. The van der Waals surface area contributed by atoms with Crippen molar-refractivity contribution in [3.63, 3.8) is 0 Å². The van der Waals surface area contributed by atoms with Gasteiger partial charge in [-0.05, 0) is 0 Å². The fourth-order valence-corrected chi connectivity index (χ4v) is 4.39. The van der Waals surface area contributed by atoms with Gasteiger partial charge in [0.15, 0.2) is 0 Å². The maximum absolute atomic E-state index is 9.28. The Balaban J connectivity index is 2.94. The van der Waals surface area contributed by atoms with Crippen molar-refractivity contribution in [1.29, 1.82) is 0 Å². The Labute approximate surface area is 103 Å². The molecular formula is C13H20IO-. The Morgan fingerprint density at radius 1 is 1.20 bits per heavy atom. The van der Waals surface area contributed by atoms with Crippen molar-refractivity contribution in [1.82, 2.24) is 0 Å². The van der Waals surface area contributed by atoms with Gasteiger partial charge in [-0.25, -0.2) is 0 Å². The molecule has 86 valence electrons. The van der Waals surface area contributed by atoms with Crippen LogP contribution >= 0.6 is 0 Å². The summed E-state index contributed by atoms with van der Waals surface area (Å²) in [5.41, 5.74) is 1.68. The van der Waals surface area contributed by atoms with Gasteiger partial charge < -0.3 is 0 Å². The summed E-state index contributed by atoms with van der Waals surface area (Å²) in [6, 6.07) is 7.71. The fourth-order valence-electron chi connectivity index (χ4n) is 1.68. The molecule has 0 saturated heterocycles. The van der Waals surface area contributed by atoms with Gasteiger partial charge >= 0.3 is 103 Å². The van der Waals surface area contributed by atoms with Crippen molar-refractivity contribution in [3.05, 3.63) is 29.8 Å². The Hall–Kier alpha value is -0.250. The van der Waals surface area contributed by atoms with Crippen LogP contribution in [0.2, 0.25) is 0 Å². The Kier molecular flexibility index (Phi) is 4.44. The van der Waals surface area contributed by atoms with Crippen LogP contribution in [0.1, 0.15) is 32.3 Å². The third-order valence-electron chi connectivity index (χ3n) is 2.65. The average Bonchev–Trinajstić information content (AvgIpc) is 2.14. The van der Waals surface area contributed by atoms with Crippen LogP contribution in [-0.4, -0.2) is 14.5 Å². The molecule has 0 fully saturated rings. The first-order valence-electron chi connectivity index (χ1n) is 5.18. The molecule has 0 heterocycles. The second-order valence-electron chi connectivity index (χ2n) is 4.93. The van der Waals surface area contributed by atoms with Gasteiger partial charge in [-0.2, -0.15) is 0 Å². The summed E-state index contributed by atoms with van der Waals surface area (Å²) >= 11 is 0.305. The fraction of sp³-hybridized carbons (Fsp3) is 0.538. The van der Waals surface area contributed by atoms with Crippen molar-refractivity contribution >= 4 is 0 Å². The molecule has 0 radical (unpaired) electrons. The molecule has 1 N–H and O–H groups in total. The predicted octanol–water partition coefficient (Wildman–Crippen LogP) is 0.241. The summed E-state index contributed by atoms with van der Waals surface area (Å²) in [4.78, 5) is 2.33. The van der Waals surface area contributed by atoms with Crippen LogP contribution in [0.5, 0.6) is 5.75 Å². The van der Waals surface area contributed by atoms with Gasteiger partial charge in [0.2, 0.25) is 0 Å². The topological polar surface area (TPSA) is 20.2 Å². The zero-order chi connectivity index (χ0) is 11.5. The molecule has 15 heavy (non-hydrogen) atoms. The predicted molar refractivity (Wildman–Crippen MR) is 61.1 cm³/mol. The van der Waals surface area contributed by atoms with Crippen LogP contribution < -0.4 is 21.2 Å². The van der Waals surface area contributed by atoms with Gasteiger partial charge in [0.25, 0.3) is 0 Å². The number of halogens is 1. The van der Waals surface area contributed by atoms with E-state index in [2.05, 4.69) is 37.8 Å². The molecule has 1 atom stereocenters. The second-order valence-corrected chi connectivity index (χ2v) is 7.34. The second kappa shape index (κ2) is 5.19. The van der Waals surface area contributed by atoms with Gasteiger partial charge in [0.1, 0.15) is 0 Å². The summed E-state index contributed by atoms with van der Waals surface area (Å²) in [6.07, 6.45) is 0. The first-order valence-corrected chi connectivity index (χ1v) is 8.86. The van der Waals surface area contributed by atoms with Crippen LogP contribution in [0.25, 0.3) is 0 Å². The third-order valence-corrected chi connectivity index (χ3v) is 4.41. The van der Waals surface area contributed by atoms with E-state index >= 15 is 0 Å². The normalized spacial score (nSPS) is 14.1. The van der Waals surface area contributed by atoms with E-state index in [1.807, 2.05) is 0 Å². The van der Waals surface area contributed by atoms with E-state index in [4.69, 9.17) is 0 Å². The van der Waals surface area contributed by atoms with E-state index in [0.29, 0.717) is 38.3 Å². The number of rotatable bonds is 3. The van der Waals surface area contributed by atoms with Crippen LogP contribution in [-0.2, 0) is 0 Å². The molecular weight excluding hydrogens is 299 g/mol. The van der Waals surface area contributed by atoms with Gasteiger partial charge in [-0.1, -0.05) is 0 Å². The summed E-state index contributed by atoms with van der Waals surface area (Å²) in [5.74, 6) is 0.980.